The van der Waals surface area contributed by atoms with Crippen molar-refractivity contribution in [1.82, 2.24) is 0 Å². The highest BCUT2D eigenvalue weighted by molar-refractivity contribution is 5.78. The monoisotopic (exact) mass is 396 g/mol. The number of aliphatic hydroxyl groups excluding tert-OH is 1. The first-order valence-corrected chi connectivity index (χ1v) is 8.21. The zero-order valence-corrected chi connectivity index (χ0v) is 15.6. The highest BCUT2D eigenvalue weighted by Gasteiger charge is 2.32. The fraction of sp³-hybridized carbons (Fsp3) is 0.556. The third kappa shape index (κ3) is 8.38. The Morgan fingerprint density at radius 2 is 1.59 bits per heavy atom. The second-order valence-corrected chi connectivity index (χ2v) is 6.87. The summed E-state index contributed by atoms with van der Waals surface area (Å²) in [6.07, 6.45) is 1.06. The van der Waals surface area contributed by atoms with Gasteiger partial charge in [0.25, 0.3) is 0 Å². The normalized spacial score (nSPS) is 11.0. The largest absolute Gasteiger partial charge is 0.481 e. The van der Waals surface area contributed by atoms with Gasteiger partial charge in [0.15, 0.2) is 11.6 Å². The van der Waals surface area contributed by atoms with Crippen LogP contribution in [0.4, 0.5) is 17.6 Å². The van der Waals surface area contributed by atoms with Gasteiger partial charge in [0.2, 0.25) is 17.4 Å². The van der Waals surface area contributed by atoms with E-state index in [1.54, 1.807) is 0 Å². The molecule has 0 atom stereocenters. The van der Waals surface area contributed by atoms with Crippen LogP contribution in [-0.4, -0.2) is 28.8 Å². The molecule has 0 aliphatic carbocycles. The average Bonchev–Trinajstić information content (AvgIpc) is 2.55. The van der Waals surface area contributed by atoms with Crippen molar-refractivity contribution in [2.75, 3.05) is 6.61 Å². The maximum absolute atomic E-state index is 13.3. The highest BCUT2D eigenvalue weighted by Crippen LogP contribution is 2.30. The molecular formula is C18H24F4O5. The summed E-state index contributed by atoms with van der Waals surface area (Å²) < 4.78 is 56.7. The summed E-state index contributed by atoms with van der Waals surface area (Å²) in [5.74, 6) is -9.62. The number of esters is 1. The molecule has 1 aromatic rings. The number of benzene rings is 1. The molecule has 5 nitrogen and oxygen atoms in total. The number of carbonyl (C=O) groups is 2. The van der Waals surface area contributed by atoms with Gasteiger partial charge in [-0.3, -0.25) is 9.59 Å². The third-order valence-electron chi connectivity index (χ3n) is 3.49. The van der Waals surface area contributed by atoms with Crippen molar-refractivity contribution in [2.24, 2.45) is 11.3 Å². The zero-order valence-electron chi connectivity index (χ0n) is 15.6. The molecule has 9 heteroatoms. The fourth-order valence-corrected chi connectivity index (χ4v) is 1.67. The van der Waals surface area contributed by atoms with E-state index in [2.05, 4.69) is 4.74 Å². The summed E-state index contributed by atoms with van der Waals surface area (Å²) in [7, 11) is 0. The van der Waals surface area contributed by atoms with E-state index in [1.807, 2.05) is 13.8 Å². The molecule has 0 amide bonds. The lowest BCUT2D eigenvalue weighted by Crippen LogP contribution is -2.30. The Balaban J connectivity index is 0.000000713. The summed E-state index contributed by atoms with van der Waals surface area (Å²) in [5, 5.41) is 16.9. The molecule has 0 spiro atoms. The third-order valence-corrected chi connectivity index (χ3v) is 3.49. The lowest BCUT2D eigenvalue weighted by molar-refractivity contribution is -0.145. The smallest absolute Gasteiger partial charge is 0.317 e. The van der Waals surface area contributed by atoms with Crippen LogP contribution in [0.15, 0.2) is 6.07 Å². The maximum atomic E-state index is 13.3. The van der Waals surface area contributed by atoms with E-state index >= 15 is 0 Å². The van der Waals surface area contributed by atoms with E-state index in [-0.39, 0.29) is 19.1 Å². The van der Waals surface area contributed by atoms with Crippen LogP contribution in [0.5, 0.6) is 5.75 Å². The second kappa shape index (κ2) is 10.9. The molecule has 2 N–H and O–H groups in total. The van der Waals surface area contributed by atoms with Gasteiger partial charge >= 0.3 is 11.9 Å². The predicted octanol–water partition coefficient (Wildman–Crippen LogP) is 4.06. The zero-order chi connectivity index (χ0) is 21.4. The van der Waals surface area contributed by atoms with Gasteiger partial charge in [-0.2, -0.15) is 8.78 Å². The van der Waals surface area contributed by atoms with Crippen LogP contribution in [0.2, 0.25) is 0 Å². The molecule has 0 fully saturated rings. The maximum Gasteiger partial charge on any atom is 0.317 e. The minimum absolute atomic E-state index is 0.0148. The molecule has 1 aromatic carbocycles. The first-order valence-electron chi connectivity index (χ1n) is 8.21. The predicted molar refractivity (Wildman–Crippen MR) is 89.1 cm³/mol. The molecular weight excluding hydrogens is 372 g/mol. The quantitative estimate of drug-likeness (QED) is 0.314. The molecule has 0 aliphatic heterocycles. The van der Waals surface area contributed by atoms with Crippen LogP contribution in [0.25, 0.3) is 0 Å². The van der Waals surface area contributed by atoms with Gasteiger partial charge in [-0.05, 0) is 32.6 Å². The van der Waals surface area contributed by atoms with E-state index in [0.717, 1.165) is 6.42 Å². The second-order valence-electron chi connectivity index (χ2n) is 6.87. The lowest BCUT2D eigenvalue weighted by atomic mass is 9.90. The lowest BCUT2D eigenvalue weighted by Gasteiger charge is -2.21. The number of ether oxygens (including phenoxy) is 1. The first kappa shape index (κ1) is 24.8. The molecule has 0 aromatic heterocycles. The summed E-state index contributed by atoms with van der Waals surface area (Å²) in [4.78, 5) is 21.5. The van der Waals surface area contributed by atoms with E-state index in [9.17, 15) is 27.2 Å². The molecule has 0 radical (unpaired) electrons. The van der Waals surface area contributed by atoms with Gasteiger partial charge < -0.3 is 14.9 Å². The van der Waals surface area contributed by atoms with E-state index < -0.39 is 46.4 Å². The van der Waals surface area contributed by atoms with Crippen molar-refractivity contribution in [3.63, 3.8) is 0 Å². The van der Waals surface area contributed by atoms with Gasteiger partial charge in [0.1, 0.15) is 0 Å². The van der Waals surface area contributed by atoms with E-state index in [0.29, 0.717) is 12.3 Å². The molecule has 1 rings (SSSR count). The minimum atomic E-state index is -1.79. The molecule has 0 heterocycles. The molecule has 0 saturated carbocycles. The Labute approximate surface area is 155 Å². The van der Waals surface area contributed by atoms with Crippen LogP contribution in [0.1, 0.15) is 47.0 Å². The summed E-state index contributed by atoms with van der Waals surface area (Å²) in [5.41, 5.74) is -1.25. The standard InChI is InChI=1S/C12H12F4O3.C6H12O2/c1-12(2,3-4-17)11(18)19-10-8(15)6(13)5-7(14)9(10)16;1-5(2)3-4-6(7)8/h5,17H,3-4H2,1-2H3;5H,3-4H2,1-2H3,(H,7,8). The number of hydrogen-bond donors (Lipinski definition) is 2. The van der Waals surface area contributed by atoms with Crippen molar-refractivity contribution in [1.29, 1.82) is 0 Å². The van der Waals surface area contributed by atoms with Crippen molar-refractivity contribution in [3.8, 4) is 5.75 Å². The Morgan fingerprint density at radius 3 is 1.93 bits per heavy atom. The number of aliphatic hydroxyl groups is 1. The SMILES string of the molecule is CC(C)(CCO)C(=O)Oc1c(F)c(F)cc(F)c1F.CC(C)CCC(=O)O. The first-order chi connectivity index (χ1) is 12.3. The number of halogens is 4. The Hall–Kier alpha value is -2.16. The minimum Gasteiger partial charge on any atom is -0.481 e. The summed E-state index contributed by atoms with van der Waals surface area (Å²) in [6, 6.07) is 0.0148. The summed E-state index contributed by atoms with van der Waals surface area (Å²) >= 11 is 0. The number of carbonyl (C=O) groups excluding carboxylic acids is 1. The highest BCUT2D eigenvalue weighted by atomic mass is 19.2. The summed E-state index contributed by atoms with van der Waals surface area (Å²) in [6.45, 7) is 6.39. The van der Waals surface area contributed by atoms with E-state index in [4.69, 9.17) is 10.2 Å². The molecule has 154 valence electrons. The van der Waals surface area contributed by atoms with Gasteiger partial charge in [-0.1, -0.05) is 13.8 Å². The molecule has 27 heavy (non-hydrogen) atoms. The van der Waals surface area contributed by atoms with E-state index in [1.165, 1.54) is 13.8 Å². The fourth-order valence-electron chi connectivity index (χ4n) is 1.67. The van der Waals surface area contributed by atoms with Crippen molar-refractivity contribution in [3.05, 3.63) is 29.3 Å². The van der Waals surface area contributed by atoms with Crippen LogP contribution in [0.3, 0.4) is 0 Å². The van der Waals surface area contributed by atoms with Crippen LogP contribution >= 0.6 is 0 Å². The molecule has 0 aliphatic rings. The van der Waals surface area contributed by atoms with Gasteiger partial charge in [0.05, 0.1) is 5.41 Å². The van der Waals surface area contributed by atoms with Gasteiger partial charge in [0, 0.05) is 19.1 Å². The topological polar surface area (TPSA) is 83.8 Å². The van der Waals surface area contributed by atoms with Crippen LogP contribution in [0, 0.1) is 34.6 Å². The average molecular weight is 396 g/mol. The number of hydrogen-bond acceptors (Lipinski definition) is 4. The van der Waals surface area contributed by atoms with Crippen molar-refractivity contribution >= 4 is 11.9 Å². The number of rotatable bonds is 7. The van der Waals surface area contributed by atoms with Crippen molar-refractivity contribution in [2.45, 2.75) is 47.0 Å². The Kier molecular flexibility index (Phi) is 9.99. The van der Waals surface area contributed by atoms with Crippen LogP contribution in [-0.2, 0) is 9.59 Å². The molecule has 0 bridgehead atoms. The number of carboxylic acids is 1. The number of carboxylic acid groups (broad SMARTS) is 1. The van der Waals surface area contributed by atoms with Crippen LogP contribution < -0.4 is 4.74 Å². The molecule has 0 unspecified atom stereocenters. The molecule has 0 saturated heterocycles. The van der Waals surface area contributed by atoms with Gasteiger partial charge in [-0.25, -0.2) is 8.78 Å². The number of aliphatic carboxylic acids is 1. The van der Waals surface area contributed by atoms with Gasteiger partial charge in [-0.15, -0.1) is 0 Å². The Bertz CT molecular complexity index is 633. The Morgan fingerprint density at radius 1 is 1.11 bits per heavy atom. The van der Waals surface area contributed by atoms with Crippen molar-refractivity contribution < 1.29 is 42.1 Å².